The molecule has 2 atom stereocenters. The van der Waals surface area contributed by atoms with Gasteiger partial charge < -0.3 is 4.90 Å². The van der Waals surface area contributed by atoms with Crippen molar-refractivity contribution in [2.75, 3.05) is 13.1 Å². The number of rotatable bonds is 3. The summed E-state index contributed by atoms with van der Waals surface area (Å²) in [6.07, 6.45) is 4.30. The van der Waals surface area contributed by atoms with Crippen molar-refractivity contribution in [3.05, 3.63) is 35.1 Å². The second-order valence-electron chi connectivity index (χ2n) is 6.52. The normalized spacial score (nSPS) is 24.8. The molecule has 1 aromatic carbocycles. The maximum atomic E-state index is 13.3. The lowest BCUT2D eigenvalue weighted by atomic mass is 10.0. The molecular weight excluding hydrogens is 293 g/mol. The molecule has 3 rings (SSSR count). The predicted molar refractivity (Wildman–Crippen MR) is 85.0 cm³/mol. The summed E-state index contributed by atoms with van der Waals surface area (Å²) in [4.78, 5) is 16.2. The third kappa shape index (κ3) is 3.23. The molecule has 1 amide bonds. The van der Waals surface area contributed by atoms with Gasteiger partial charge in [-0.1, -0.05) is 6.07 Å². The number of carbonyl (C=O) groups is 1. The molecule has 4 nitrogen and oxygen atoms in total. The van der Waals surface area contributed by atoms with E-state index in [0.29, 0.717) is 18.2 Å². The zero-order valence-electron chi connectivity index (χ0n) is 13.5. The van der Waals surface area contributed by atoms with Gasteiger partial charge in [0.15, 0.2) is 0 Å². The van der Waals surface area contributed by atoms with Crippen LogP contribution in [0.5, 0.6) is 0 Å². The first-order valence-electron chi connectivity index (χ1n) is 8.30. The highest BCUT2D eigenvalue weighted by atomic mass is 19.1. The van der Waals surface area contributed by atoms with Crippen molar-refractivity contribution in [1.29, 1.82) is 5.26 Å². The van der Waals surface area contributed by atoms with E-state index in [1.54, 1.807) is 13.0 Å². The standard InChI is InChI=1S/C18H22FN3O/c1-13(23)22-9-3-5-18(22)17-4-2-8-21(17)12-14-6-7-16(19)10-15(14)11-20/h6-7,10,17-18H,2-5,8-9,12H2,1H3/t17-,18-/m1/s1. The Kier molecular flexibility index (Phi) is 4.63. The van der Waals surface area contributed by atoms with Crippen molar-refractivity contribution in [2.24, 2.45) is 0 Å². The Morgan fingerprint density at radius 3 is 2.78 bits per heavy atom. The van der Waals surface area contributed by atoms with Crippen LogP contribution >= 0.6 is 0 Å². The quantitative estimate of drug-likeness (QED) is 0.861. The first-order chi connectivity index (χ1) is 11.1. The van der Waals surface area contributed by atoms with E-state index in [1.807, 2.05) is 4.90 Å². The second kappa shape index (κ2) is 6.67. The van der Waals surface area contributed by atoms with Gasteiger partial charge in [0.05, 0.1) is 11.6 Å². The molecule has 122 valence electrons. The van der Waals surface area contributed by atoms with Crippen LogP contribution < -0.4 is 0 Å². The number of nitrogens with zero attached hydrogens (tertiary/aromatic N) is 3. The largest absolute Gasteiger partial charge is 0.338 e. The van der Waals surface area contributed by atoms with Gasteiger partial charge in [0, 0.05) is 32.1 Å². The third-order valence-corrected chi connectivity index (χ3v) is 5.13. The fourth-order valence-corrected chi connectivity index (χ4v) is 4.08. The van der Waals surface area contributed by atoms with E-state index in [2.05, 4.69) is 11.0 Å². The van der Waals surface area contributed by atoms with Crippen LogP contribution in [0.3, 0.4) is 0 Å². The van der Waals surface area contributed by atoms with E-state index >= 15 is 0 Å². The molecule has 2 aliphatic heterocycles. The van der Waals surface area contributed by atoms with Crippen LogP contribution in [-0.4, -0.2) is 40.9 Å². The van der Waals surface area contributed by atoms with Crippen LogP contribution in [0.15, 0.2) is 18.2 Å². The molecule has 5 heteroatoms. The van der Waals surface area contributed by atoms with Gasteiger partial charge in [-0.2, -0.15) is 5.26 Å². The zero-order valence-corrected chi connectivity index (χ0v) is 13.5. The number of nitriles is 1. The fourth-order valence-electron chi connectivity index (χ4n) is 4.08. The van der Waals surface area contributed by atoms with Crippen molar-refractivity contribution >= 4 is 5.91 Å². The molecule has 0 N–H and O–H groups in total. The summed E-state index contributed by atoms with van der Waals surface area (Å²) in [5, 5.41) is 9.22. The summed E-state index contributed by atoms with van der Waals surface area (Å²) in [5.41, 5.74) is 1.28. The molecule has 2 aliphatic rings. The first-order valence-corrected chi connectivity index (χ1v) is 8.30. The van der Waals surface area contributed by atoms with Gasteiger partial charge in [0.25, 0.3) is 0 Å². The van der Waals surface area contributed by atoms with Gasteiger partial charge in [-0.25, -0.2) is 4.39 Å². The minimum atomic E-state index is -0.373. The molecule has 0 unspecified atom stereocenters. The van der Waals surface area contributed by atoms with Crippen LogP contribution in [0.4, 0.5) is 4.39 Å². The minimum Gasteiger partial charge on any atom is -0.338 e. The number of hydrogen-bond donors (Lipinski definition) is 0. The van der Waals surface area contributed by atoms with Crippen LogP contribution in [0.25, 0.3) is 0 Å². The summed E-state index contributed by atoms with van der Waals surface area (Å²) in [6, 6.07) is 7.14. The summed E-state index contributed by atoms with van der Waals surface area (Å²) in [5.74, 6) is -0.222. The Hall–Kier alpha value is -1.93. The van der Waals surface area contributed by atoms with Crippen molar-refractivity contribution in [2.45, 2.75) is 51.2 Å². The van der Waals surface area contributed by atoms with E-state index in [0.717, 1.165) is 44.3 Å². The van der Waals surface area contributed by atoms with Gasteiger partial charge in [-0.3, -0.25) is 9.69 Å². The molecule has 0 radical (unpaired) electrons. The van der Waals surface area contributed by atoms with E-state index in [-0.39, 0.29) is 17.8 Å². The van der Waals surface area contributed by atoms with Crippen LogP contribution in [0.1, 0.15) is 43.7 Å². The summed E-state index contributed by atoms with van der Waals surface area (Å²) in [6.45, 7) is 4.11. The molecule has 23 heavy (non-hydrogen) atoms. The lowest BCUT2D eigenvalue weighted by Crippen LogP contribution is -2.47. The lowest BCUT2D eigenvalue weighted by Gasteiger charge is -2.34. The van der Waals surface area contributed by atoms with E-state index in [4.69, 9.17) is 0 Å². The van der Waals surface area contributed by atoms with Crippen molar-refractivity contribution in [1.82, 2.24) is 9.80 Å². The number of likely N-dealkylation sites (tertiary alicyclic amines) is 2. The molecule has 0 saturated carbocycles. The SMILES string of the molecule is CC(=O)N1CCC[C@@H]1[C@H]1CCCN1Cc1ccc(F)cc1C#N. The van der Waals surface area contributed by atoms with Gasteiger partial charge in [-0.05, 0) is 49.9 Å². The van der Waals surface area contributed by atoms with E-state index in [1.165, 1.54) is 12.1 Å². The average Bonchev–Trinajstić information content (AvgIpc) is 3.17. The maximum absolute atomic E-state index is 13.3. The summed E-state index contributed by atoms with van der Waals surface area (Å²) >= 11 is 0. The van der Waals surface area contributed by atoms with Gasteiger partial charge >= 0.3 is 0 Å². The highest BCUT2D eigenvalue weighted by Crippen LogP contribution is 2.31. The topological polar surface area (TPSA) is 47.3 Å². The smallest absolute Gasteiger partial charge is 0.219 e. The highest BCUT2D eigenvalue weighted by Gasteiger charge is 2.38. The molecule has 1 aromatic rings. The molecule has 0 bridgehead atoms. The van der Waals surface area contributed by atoms with Crippen molar-refractivity contribution in [3.8, 4) is 6.07 Å². The molecule has 0 spiro atoms. The highest BCUT2D eigenvalue weighted by molar-refractivity contribution is 5.74. The Morgan fingerprint density at radius 1 is 1.30 bits per heavy atom. The number of carbonyl (C=O) groups excluding carboxylic acids is 1. The Morgan fingerprint density at radius 2 is 2.04 bits per heavy atom. The monoisotopic (exact) mass is 315 g/mol. The minimum absolute atomic E-state index is 0.152. The maximum Gasteiger partial charge on any atom is 0.219 e. The van der Waals surface area contributed by atoms with E-state index < -0.39 is 0 Å². The van der Waals surface area contributed by atoms with Crippen molar-refractivity contribution < 1.29 is 9.18 Å². The number of benzene rings is 1. The number of hydrogen-bond acceptors (Lipinski definition) is 3. The lowest BCUT2D eigenvalue weighted by molar-refractivity contribution is -0.130. The Bertz CT molecular complexity index is 640. The molecular formula is C18H22FN3O. The van der Waals surface area contributed by atoms with Gasteiger partial charge in [-0.15, -0.1) is 0 Å². The van der Waals surface area contributed by atoms with Crippen LogP contribution in [-0.2, 0) is 11.3 Å². The molecule has 0 aromatic heterocycles. The number of amides is 1. The summed E-state index contributed by atoms with van der Waals surface area (Å²) < 4.78 is 13.3. The first kappa shape index (κ1) is 15.9. The summed E-state index contributed by atoms with van der Waals surface area (Å²) in [7, 11) is 0. The Labute approximate surface area is 136 Å². The third-order valence-electron chi connectivity index (χ3n) is 5.13. The average molecular weight is 315 g/mol. The molecule has 0 aliphatic carbocycles. The van der Waals surface area contributed by atoms with Gasteiger partial charge in [0.2, 0.25) is 5.91 Å². The number of halogens is 1. The van der Waals surface area contributed by atoms with Crippen LogP contribution in [0, 0.1) is 17.1 Å². The predicted octanol–water partition coefficient (Wildman–Crippen LogP) is 2.67. The zero-order chi connectivity index (χ0) is 16.4. The van der Waals surface area contributed by atoms with Crippen LogP contribution in [0.2, 0.25) is 0 Å². The molecule has 2 heterocycles. The second-order valence-corrected chi connectivity index (χ2v) is 6.52. The Balaban J connectivity index is 1.78. The molecule has 2 saturated heterocycles. The van der Waals surface area contributed by atoms with Gasteiger partial charge in [0.1, 0.15) is 5.82 Å². The van der Waals surface area contributed by atoms with Crippen molar-refractivity contribution in [3.63, 3.8) is 0 Å². The molecule has 2 fully saturated rings. The van der Waals surface area contributed by atoms with E-state index in [9.17, 15) is 14.4 Å². The fraction of sp³-hybridized carbons (Fsp3) is 0.556.